The van der Waals surface area contributed by atoms with Crippen molar-refractivity contribution < 1.29 is 9.53 Å². The van der Waals surface area contributed by atoms with Gasteiger partial charge in [0.25, 0.3) is 5.91 Å². The molecule has 0 radical (unpaired) electrons. The molecule has 0 atom stereocenters. The highest BCUT2D eigenvalue weighted by Gasteiger charge is 2.11. The lowest BCUT2D eigenvalue weighted by molar-refractivity contribution is 0.102. The number of hydrogen-bond acceptors (Lipinski definition) is 3. The van der Waals surface area contributed by atoms with Crippen molar-refractivity contribution in [1.82, 2.24) is 0 Å². The summed E-state index contributed by atoms with van der Waals surface area (Å²) in [6, 6.07) is 10.6. The average Bonchev–Trinajstić information content (AvgIpc) is 2.43. The van der Waals surface area contributed by atoms with E-state index < -0.39 is 0 Å². The molecule has 0 saturated heterocycles. The Hall–Kier alpha value is -2.01. The molecule has 0 bridgehead atoms. The maximum atomic E-state index is 12.2. The Kier molecular flexibility index (Phi) is 4.29. The summed E-state index contributed by atoms with van der Waals surface area (Å²) < 4.78 is 6.04. The number of aryl methyl sites for hydroxylation is 1. The molecular formula is C15H15BrN2O2. The number of amides is 1. The zero-order valence-corrected chi connectivity index (χ0v) is 12.8. The van der Waals surface area contributed by atoms with Crippen LogP contribution in [0, 0.1) is 6.92 Å². The molecule has 2 rings (SSSR count). The van der Waals surface area contributed by atoms with Crippen LogP contribution in [-0.2, 0) is 0 Å². The van der Waals surface area contributed by atoms with E-state index in [4.69, 9.17) is 10.5 Å². The minimum atomic E-state index is -0.267. The van der Waals surface area contributed by atoms with Crippen molar-refractivity contribution in [3.05, 3.63) is 52.0 Å². The molecule has 0 heterocycles. The number of nitrogens with two attached hydrogens (primary N) is 1. The molecule has 104 valence electrons. The fraction of sp³-hybridized carbons (Fsp3) is 0.133. The summed E-state index contributed by atoms with van der Waals surface area (Å²) in [6.45, 7) is 1.98. The van der Waals surface area contributed by atoms with Gasteiger partial charge in [-0.1, -0.05) is 22.0 Å². The highest BCUT2D eigenvalue weighted by molar-refractivity contribution is 9.10. The van der Waals surface area contributed by atoms with Crippen LogP contribution in [-0.4, -0.2) is 13.0 Å². The second-order valence-electron chi connectivity index (χ2n) is 4.37. The summed E-state index contributed by atoms with van der Waals surface area (Å²) in [4.78, 5) is 12.2. The largest absolute Gasteiger partial charge is 0.497 e. The van der Waals surface area contributed by atoms with Crippen molar-refractivity contribution in [2.45, 2.75) is 6.92 Å². The molecule has 0 spiro atoms. The average molecular weight is 335 g/mol. The van der Waals surface area contributed by atoms with E-state index in [2.05, 4.69) is 21.2 Å². The van der Waals surface area contributed by atoms with Crippen LogP contribution in [0.3, 0.4) is 0 Å². The zero-order valence-electron chi connectivity index (χ0n) is 11.2. The van der Waals surface area contributed by atoms with E-state index in [1.165, 1.54) is 0 Å². The molecule has 3 N–H and O–H groups in total. The Morgan fingerprint density at radius 3 is 2.65 bits per heavy atom. The van der Waals surface area contributed by atoms with Gasteiger partial charge in [-0.15, -0.1) is 0 Å². The van der Waals surface area contributed by atoms with E-state index in [1.54, 1.807) is 25.3 Å². The third-order valence-electron chi connectivity index (χ3n) is 2.93. The Morgan fingerprint density at radius 1 is 1.25 bits per heavy atom. The lowest BCUT2D eigenvalue weighted by Crippen LogP contribution is -2.14. The fourth-order valence-electron chi connectivity index (χ4n) is 1.73. The normalized spacial score (nSPS) is 10.2. The number of nitrogen functional groups attached to an aromatic ring is 1. The van der Waals surface area contributed by atoms with E-state index in [0.29, 0.717) is 22.7 Å². The molecule has 2 aromatic rings. The van der Waals surface area contributed by atoms with Gasteiger partial charge in [0, 0.05) is 15.8 Å². The summed E-state index contributed by atoms with van der Waals surface area (Å²) in [5.74, 6) is 0.326. The van der Waals surface area contributed by atoms with Crippen molar-refractivity contribution in [2.75, 3.05) is 18.2 Å². The highest BCUT2D eigenvalue weighted by Crippen LogP contribution is 2.23. The van der Waals surface area contributed by atoms with Crippen LogP contribution in [0.25, 0.3) is 0 Å². The molecule has 0 aliphatic rings. The van der Waals surface area contributed by atoms with Crippen LogP contribution < -0.4 is 15.8 Å². The second kappa shape index (κ2) is 5.96. The molecule has 0 aromatic heterocycles. The number of methoxy groups -OCH3 is 1. The summed E-state index contributed by atoms with van der Waals surface area (Å²) in [7, 11) is 1.55. The number of benzene rings is 2. The highest BCUT2D eigenvalue weighted by atomic mass is 79.9. The molecule has 4 nitrogen and oxygen atoms in total. The summed E-state index contributed by atoms with van der Waals surface area (Å²) in [5, 5.41) is 2.81. The van der Waals surface area contributed by atoms with Gasteiger partial charge in [-0.05, 0) is 42.8 Å². The predicted octanol–water partition coefficient (Wildman–Crippen LogP) is 3.60. The van der Waals surface area contributed by atoms with Gasteiger partial charge < -0.3 is 15.8 Å². The van der Waals surface area contributed by atoms with E-state index >= 15 is 0 Å². The van der Waals surface area contributed by atoms with Gasteiger partial charge in [0.05, 0.1) is 12.7 Å². The Balaban J connectivity index is 2.25. The van der Waals surface area contributed by atoms with Crippen LogP contribution in [0.15, 0.2) is 40.9 Å². The quantitative estimate of drug-likeness (QED) is 0.843. The lowest BCUT2D eigenvalue weighted by atomic mass is 10.1. The molecule has 0 aliphatic heterocycles. The van der Waals surface area contributed by atoms with E-state index in [9.17, 15) is 4.79 Å². The molecular weight excluding hydrogens is 320 g/mol. The van der Waals surface area contributed by atoms with E-state index in [1.807, 2.05) is 25.1 Å². The molecule has 2 aromatic carbocycles. The summed E-state index contributed by atoms with van der Waals surface area (Å²) in [6.07, 6.45) is 0. The van der Waals surface area contributed by atoms with Crippen LogP contribution in [0.2, 0.25) is 0 Å². The first-order valence-corrected chi connectivity index (χ1v) is 6.81. The third-order valence-corrected chi connectivity index (χ3v) is 3.79. The monoisotopic (exact) mass is 334 g/mol. The predicted molar refractivity (Wildman–Crippen MR) is 84.2 cm³/mol. The number of halogens is 1. The van der Waals surface area contributed by atoms with Crippen LogP contribution in [0.4, 0.5) is 11.4 Å². The number of anilines is 2. The first-order valence-electron chi connectivity index (χ1n) is 6.02. The first-order chi connectivity index (χ1) is 9.51. The number of carbonyl (C=O) groups excluding carboxylic acids is 1. The number of hydrogen-bond donors (Lipinski definition) is 2. The molecule has 0 saturated carbocycles. The van der Waals surface area contributed by atoms with Gasteiger partial charge in [0.15, 0.2) is 0 Å². The van der Waals surface area contributed by atoms with Crippen molar-refractivity contribution in [1.29, 1.82) is 0 Å². The molecule has 0 fully saturated rings. The molecule has 1 amide bonds. The maximum Gasteiger partial charge on any atom is 0.257 e. The topological polar surface area (TPSA) is 64.3 Å². The Labute approximate surface area is 126 Å². The third kappa shape index (κ3) is 3.11. The van der Waals surface area contributed by atoms with Crippen LogP contribution >= 0.6 is 15.9 Å². The van der Waals surface area contributed by atoms with Crippen molar-refractivity contribution >= 4 is 33.2 Å². The smallest absolute Gasteiger partial charge is 0.257 e. The van der Waals surface area contributed by atoms with Gasteiger partial charge in [0.1, 0.15) is 5.75 Å². The minimum absolute atomic E-state index is 0.267. The van der Waals surface area contributed by atoms with Crippen LogP contribution in [0.5, 0.6) is 5.75 Å². The van der Waals surface area contributed by atoms with Gasteiger partial charge in [-0.3, -0.25) is 4.79 Å². The van der Waals surface area contributed by atoms with Gasteiger partial charge in [-0.2, -0.15) is 0 Å². The molecule has 0 unspecified atom stereocenters. The van der Waals surface area contributed by atoms with Gasteiger partial charge >= 0.3 is 0 Å². The molecule has 5 heteroatoms. The lowest BCUT2D eigenvalue weighted by Gasteiger charge is -2.10. The van der Waals surface area contributed by atoms with E-state index in [0.717, 1.165) is 10.0 Å². The minimum Gasteiger partial charge on any atom is -0.497 e. The number of nitrogens with one attached hydrogen (secondary N) is 1. The van der Waals surface area contributed by atoms with Crippen molar-refractivity contribution in [3.8, 4) is 5.75 Å². The van der Waals surface area contributed by atoms with Crippen molar-refractivity contribution in [3.63, 3.8) is 0 Å². The number of rotatable bonds is 3. The van der Waals surface area contributed by atoms with Crippen molar-refractivity contribution in [2.24, 2.45) is 0 Å². The standard InChI is InChI=1S/C15H15BrN2O2/c1-9-3-4-10(7-13(9)16)18-15(19)12-8-11(20-2)5-6-14(12)17/h3-8H,17H2,1-2H3,(H,18,19). The SMILES string of the molecule is COc1ccc(N)c(C(=O)Nc2ccc(C)c(Br)c2)c1. The Bertz CT molecular complexity index is 656. The van der Waals surface area contributed by atoms with Gasteiger partial charge in [-0.25, -0.2) is 0 Å². The van der Waals surface area contributed by atoms with Crippen LogP contribution in [0.1, 0.15) is 15.9 Å². The molecule has 0 aliphatic carbocycles. The zero-order chi connectivity index (χ0) is 14.7. The van der Waals surface area contributed by atoms with E-state index in [-0.39, 0.29) is 5.91 Å². The summed E-state index contributed by atoms with van der Waals surface area (Å²) in [5.41, 5.74) is 8.43. The molecule has 20 heavy (non-hydrogen) atoms. The van der Waals surface area contributed by atoms with Gasteiger partial charge in [0.2, 0.25) is 0 Å². The first kappa shape index (κ1) is 14.4. The number of carbonyl (C=O) groups is 1. The fourth-order valence-corrected chi connectivity index (χ4v) is 2.11. The summed E-state index contributed by atoms with van der Waals surface area (Å²) >= 11 is 3.43. The Morgan fingerprint density at radius 2 is 2.00 bits per heavy atom. The second-order valence-corrected chi connectivity index (χ2v) is 5.23. The maximum absolute atomic E-state index is 12.2. The number of ether oxygens (including phenoxy) is 1.